The molecule has 0 aliphatic carbocycles. The Morgan fingerprint density at radius 3 is 2.61 bits per heavy atom. The third kappa shape index (κ3) is 5.80. The maximum atomic E-state index is 15.4. The molecule has 0 saturated carbocycles. The minimum Gasteiger partial charge on any atom is -0.482 e. The van der Waals surface area contributed by atoms with Gasteiger partial charge in [-0.05, 0) is 60.2 Å². The Labute approximate surface area is 222 Å². The van der Waals surface area contributed by atoms with Crippen molar-refractivity contribution >= 4 is 5.97 Å². The lowest BCUT2D eigenvalue weighted by Crippen LogP contribution is -2.23. The highest BCUT2D eigenvalue weighted by Gasteiger charge is 2.27. The zero-order valence-corrected chi connectivity index (χ0v) is 22.3. The summed E-state index contributed by atoms with van der Waals surface area (Å²) in [7, 11) is 1.50. The molecule has 1 N–H and O–H groups in total. The van der Waals surface area contributed by atoms with Gasteiger partial charge in [-0.15, -0.1) is 0 Å². The Hall–Kier alpha value is -3.52. The molecule has 0 saturated heterocycles. The molecule has 2 heterocycles. The van der Waals surface area contributed by atoms with Crippen molar-refractivity contribution in [2.45, 2.75) is 52.7 Å². The van der Waals surface area contributed by atoms with E-state index in [4.69, 9.17) is 9.47 Å². The maximum absolute atomic E-state index is 15.4. The molecular formula is C30H34F2N2O4. The Morgan fingerprint density at radius 1 is 1.16 bits per heavy atom. The van der Waals surface area contributed by atoms with Gasteiger partial charge in [0.15, 0.2) is 11.6 Å². The lowest BCUT2D eigenvalue weighted by molar-refractivity contribution is -0.141. The summed E-state index contributed by atoms with van der Waals surface area (Å²) in [5, 5.41) is 9.25. The number of nitrogens with zero attached hydrogens (tertiary/aromatic N) is 2. The van der Waals surface area contributed by atoms with Crippen molar-refractivity contribution in [3.05, 3.63) is 76.5 Å². The molecule has 0 spiro atoms. The van der Waals surface area contributed by atoms with E-state index in [1.54, 1.807) is 19.1 Å². The van der Waals surface area contributed by atoms with E-state index >= 15 is 4.39 Å². The normalized spacial score (nSPS) is 15.6. The summed E-state index contributed by atoms with van der Waals surface area (Å²) in [6.45, 7) is 7.99. The summed E-state index contributed by atoms with van der Waals surface area (Å²) in [4.78, 5) is 17.5. The van der Waals surface area contributed by atoms with Crippen LogP contribution in [0.25, 0.3) is 11.1 Å². The van der Waals surface area contributed by atoms with E-state index in [0.29, 0.717) is 36.4 Å². The number of carboxylic acids is 1. The quantitative estimate of drug-likeness (QED) is 0.340. The third-order valence-corrected chi connectivity index (χ3v) is 7.26. The van der Waals surface area contributed by atoms with E-state index in [-0.39, 0.29) is 18.3 Å². The molecule has 0 radical (unpaired) electrons. The lowest BCUT2D eigenvalue weighted by Gasteiger charge is -2.29. The first-order valence-electron chi connectivity index (χ1n) is 13.0. The first kappa shape index (κ1) is 27.5. The number of aryl methyl sites for hydroxylation is 1. The number of ether oxygens (including phenoxy) is 2. The molecule has 2 unspecified atom stereocenters. The van der Waals surface area contributed by atoms with Crippen molar-refractivity contribution in [2.24, 2.45) is 5.92 Å². The number of benzene rings is 2. The van der Waals surface area contributed by atoms with Crippen LogP contribution in [0, 0.1) is 17.6 Å². The van der Waals surface area contributed by atoms with Crippen LogP contribution in [-0.4, -0.2) is 41.2 Å². The van der Waals surface area contributed by atoms with Crippen LogP contribution in [0.1, 0.15) is 55.5 Å². The predicted octanol–water partition coefficient (Wildman–Crippen LogP) is 6.21. The summed E-state index contributed by atoms with van der Waals surface area (Å²) in [5.74, 6) is -2.08. The number of aliphatic carboxylic acids is 1. The molecule has 4 rings (SSSR count). The van der Waals surface area contributed by atoms with Crippen molar-refractivity contribution in [1.82, 2.24) is 9.88 Å². The second kappa shape index (κ2) is 11.9. The van der Waals surface area contributed by atoms with Gasteiger partial charge < -0.3 is 14.6 Å². The largest absolute Gasteiger partial charge is 0.482 e. The summed E-state index contributed by atoms with van der Waals surface area (Å²) in [6.07, 6.45) is 2.17. The van der Waals surface area contributed by atoms with E-state index in [9.17, 15) is 14.3 Å². The molecule has 38 heavy (non-hydrogen) atoms. The summed E-state index contributed by atoms with van der Waals surface area (Å²) < 4.78 is 41.7. The fraction of sp³-hybridized carbons (Fsp3) is 0.400. The van der Waals surface area contributed by atoms with Gasteiger partial charge in [0.05, 0.1) is 19.2 Å². The zero-order valence-electron chi connectivity index (χ0n) is 22.3. The number of hydrogen-bond donors (Lipinski definition) is 1. The van der Waals surface area contributed by atoms with Gasteiger partial charge in [0.1, 0.15) is 11.9 Å². The minimum atomic E-state index is -0.968. The average Bonchev–Trinajstić information content (AvgIpc) is 2.93. The Morgan fingerprint density at radius 2 is 1.92 bits per heavy atom. The van der Waals surface area contributed by atoms with Crippen LogP contribution < -0.4 is 9.47 Å². The fourth-order valence-corrected chi connectivity index (χ4v) is 4.89. The van der Waals surface area contributed by atoms with Gasteiger partial charge in [-0.3, -0.25) is 9.69 Å². The highest BCUT2D eigenvalue weighted by atomic mass is 19.1. The molecule has 1 aliphatic heterocycles. The van der Waals surface area contributed by atoms with E-state index in [2.05, 4.69) is 23.7 Å². The second-order valence-corrected chi connectivity index (χ2v) is 9.70. The lowest BCUT2D eigenvalue weighted by atomic mass is 9.91. The number of fused-ring (bicyclic) bond motifs is 1. The molecule has 1 aliphatic rings. The number of carbonyl (C=O) groups is 1. The first-order valence-corrected chi connectivity index (χ1v) is 13.0. The highest BCUT2D eigenvalue weighted by Crippen LogP contribution is 2.40. The standard InChI is InChI=1S/C30H34F2N2O4/c1-5-34(6-2)17-22-14-20(9-11-23(22)24-15-27(37-4)33-16-25(24)31)26-12-10-19-7-8-21(13-18(3)30(35)36)28(32)29(19)38-26/h7-9,11,14-16,18,26H,5-6,10,12-13,17H2,1-4H3,(H,35,36). The Bertz CT molecular complexity index is 1310. The molecule has 6 nitrogen and oxygen atoms in total. The van der Waals surface area contributed by atoms with Crippen LogP contribution >= 0.6 is 0 Å². The van der Waals surface area contributed by atoms with Crippen molar-refractivity contribution in [2.75, 3.05) is 20.2 Å². The molecule has 0 fully saturated rings. The fourth-order valence-electron chi connectivity index (χ4n) is 4.89. The van der Waals surface area contributed by atoms with Gasteiger partial charge >= 0.3 is 5.97 Å². The highest BCUT2D eigenvalue weighted by molar-refractivity contribution is 5.70. The van der Waals surface area contributed by atoms with Gasteiger partial charge in [-0.2, -0.15) is 0 Å². The molecule has 2 aromatic carbocycles. The van der Waals surface area contributed by atoms with Crippen LogP contribution in [0.15, 0.2) is 42.6 Å². The number of hydrogen-bond acceptors (Lipinski definition) is 5. The number of rotatable bonds is 10. The van der Waals surface area contributed by atoms with Crippen LogP contribution in [-0.2, 0) is 24.2 Å². The Kier molecular flexibility index (Phi) is 8.62. The topological polar surface area (TPSA) is 71.9 Å². The minimum absolute atomic E-state index is 0.0894. The van der Waals surface area contributed by atoms with Crippen molar-refractivity contribution < 1.29 is 28.2 Å². The molecule has 1 aromatic heterocycles. The van der Waals surface area contributed by atoms with Gasteiger partial charge in [-0.1, -0.05) is 51.1 Å². The molecule has 0 bridgehead atoms. The van der Waals surface area contributed by atoms with Gasteiger partial charge in [-0.25, -0.2) is 13.8 Å². The molecule has 3 aromatic rings. The number of aromatic nitrogens is 1. The smallest absolute Gasteiger partial charge is 0.306 e. The van der Waals surface area contributed by atoms with Gasteiger partial charge in [0.2, 0.25) is 5.88 Å². The first-order chi connectivity index (χ1) is 18.2. The molecule has 0 amide bonds. The van der Waals surface area contributed by atoms with Crippen LogP contribution in [0.5, 0.6) is 11.6 Å². The van der Waals surface area contributed by atoms with Crippen LogP contribution in [0.4, 0.5) is 8.78 Å². The molecular weight excluding hydrogens is 490 g/mol. The maximum Gasteiger partial charge on any atom is 0.306 e. The Balaban J connectivity index is 1.70. The molecule has 202 valence electrons. The van der Waals surface area contributed by atoms with E-state index < -0.39 is 23.5 Å². The molecule has 2 atom stereocenters. The van der Waals surface area contributed by atoms with E-state index in [1.807, 2.05) is 24.3 Å². The van der Waals surface area contributed by atoms with Gasteiger partial charge in [0, 0.05) is 18.2 Å². The number of pyridine rings is 1. The van der Waals surface area contributed by atoms with Crippen molar-refractivity contribution in [1.29, 1.82) is 0 Å². The number of carboxylic acid groups (broad SMARTS) is 1. The number of halogens is 2. The summed E-state index contributed by atoms with van der Waals surface area (Å²) in [5.41, 5.74) is 4.06. The zero-order chi connectivity index (χ0) is 27.4. The van der Waals surface area contributed by atoms with Crippen molar-refractivity contribution in [3.8, 4) is 22.8 Å². The summed E-state index contributed by atoms with van der Waals surface area (Å²) in [6, 6.07) is 10.9. The van der Waals surface area contributed by atoms with Crippen molar-refractivity contribution in [3.63, 3.8) is 0 Å². The second-order valence-electron chi connectivity index (χ2n) is 9.70. The van der Waals surface area contributed by atoms with Crippen LogP contribution in [0.2, 0.25) is 0 Å². The monoisotopic (exact) mass is 524 g/mol. The van der Waals surface area contributed by atoms with E-state index in [1.165, 1.54) is 7.11 Å². The van der Waals surface area contributed by atoms with Crippen LogP contribution in [0.3, 0.4) is 0 Å². The van der Waals surface area contributed by atoms with E-state index in [0.717, 1.165) is 41.5 Å². The third-order valence-electron chi connectivity index (χ3n) is 7.26. The number of methoxy groups -OCH3 is 1. The summed E-state index contributed by atoms with van der Waals surface area (Å²) >= 11 is 0. The predicted molar refractivity (Wildman–Crippen MR) is 141 cm³/mol. The molecule has 8 heteroatoms. The SMILES string of the molecule is CCN(CC)Cc1cc(C2CCc3ccc(CC(C)C(=O)O)c(F)c3O2)ccc1-c1cc(OC)ncc1F. The van der Waals surface area contributed by atoms with Gasteiger partial charge in [0.25, 0.3) is 0 Å². The average molecular weight is 525 g/mol.